The van der Waals surface area contributed by atoms with Crippen LogP contribution in [0.3, 0.4) is 0 Å². The molecule has 8 nitrogen and oxygen atoms in total. The van der Waals surface area contributed by atoms with Gasteiger partial charge >= 0.3 is 5.97 Å². The molecule has 0 spiro atoms. The van der Waals surface area contributed by atoms with E-state index in [2.05, 4.69) is 54.5 Å². The van der Waals surface area contributed by atoms with Crippen LogP contribution >= 0.6 is 0 Å². The zero-order chi connectivity index (χ0) is 32.5. The molecule has 1 fully saturated rings. The quantitative estimate of drug-likeness (QED) is 0.155. The van der Waals surface area contributed by atoms with Crippen LogP contribution < -0.4 is 5.32 Å². The fourth-order valence-electron chi connectivity index (χ4n) is 5.73. The Morgan fingerprint density at radius 3 is 2.28 bits per heavy atom. The molecule has 1 aliphatic heterocycles. The molecule has 5 rings (SSSR count). The summed E-state index contributed by atoms with van der Waals surface area (Å²) >= 11 is 0. The summed E-state index contributed by atoms with van der Waals surface area (Å²) in [5.74, 6) is -1.28. The lowest BCUT2D eigenvalue weighted by molar-refractivity contribution is -0.253. The maximum Gasteiger partial charge on any atom is 0.303 e. The number of aliphatic hydroxyl groups is 1. The first-order chi connectivity index (χ1) is 22.3. The molecule has 0 aromatic heterocycles. The van der Waals surface area contributed by atoms with Crippen LogP contribution in [0.1, 0.15) is 72.4 Å². The minimum Gasteiger partial charge on any atom is -0.481 e. The van der Waals surface area contributed by atoms with Crippen molar-refractivity contribution in [1.82, 2.24) is 10.2 Å². The van der Waals surface area contributed by atoms with Gasteiger partial charge < -0.3 is 25.0 Å². The van der Waals surface area contributed by atoms with E-state index in [0.717, 1.165) is 39.9 Å². The number of aliphatic carboxylic acids is 1. The summed E-state index contributed by atoms with van der Waals surface area (Å²) in [7, 11) is 2.12. The Labute approximate surface area is 270 Å². The Morgan fingerprint density at radius 1 is 0.848 bits per heavy atom. The van der Waals surface area contributed by atoms with E-state index in [1.807, 2.05) is 72.8 Å². The predicted molar refractivity (Wildman–Crippen MR) is 177 cm³/mol. The zero-order valence-electron chi connectivity index (χ0n) is 26.3. The maximum absolute atomic E-state index is 12.0. The minimum atomic E-state index is -0.992. The molecule has 3 N–H and O–H groups in total. The van der Waals surface area contributed by atoms with E-state index < -0.39 is 12.3 Å². The number of carboxylic acids is 1. The third-order valence-corrected chi connectivity index (χ3v) is 8.52. The van der Waals surface area contributed by atoms with Crippen molar-refractivity contribution in [2.24, 2.45) is 0 Å². The molecule has 0 aliphatic carbocycles. The number of carbonyl (C=O) groups is 2. The van der Waals surface area contributed by atoms with Gasteiger partial charge in [0.2, 0.25) is 5.91 Å². The predicted octanol–water partition coefficient (Wildman–Crippen LogP) is 6.57. The van der Waals surface area contributed by atoms with Crippen molar-refractivity contribution in [2.75, 3.05) is 13.6 Å². The number of ether oxygens (including phenoxy) is 2. The number of amides is 1. The number of aliphatic hydroxyl groups excluding tert-OH is 1. The summed E-state index contributed by atoms with van der Waals surface area (Å²) in [4.78, 5) is 25.1. The highest BCUT2D eigenvalue weighted by molar-refractivity contribution is 5.80. The number of hydrogen-bond donors (Lipinski definition) is 3. The summed E-state index contributed by atoms with van der Waals surface area (Å²) in [6, 6.07) is 34.6. The van der Waals surface area contributed by atoms with E-state index in [1.165, 1.54) is 5.56 Å². The second-order valence-corrected chi connectivity index (χ2v) is 11.9. The van der Waals surface area contributed by atoms with Crippen LogP contribution in [0.5, 0.6) is 0 Å². The molecule has 4 aromatic rings. The second kappa shape index (κ2) is 15.8. The standard InChI is InChI=1S/C38H42N2O6/c1-26(29-9-4-3-5-10-29)40(2)24-34-22-35(30-16-14-27(25-41)15-17-30)46-38(45-34)33-13-7-12-32(21-33)31-11-6-8-28(20-31)23-39-36(42)18-19-37(43)44/h3-17,20-21,26,34-35,38,41H,18-19,22-25H2,1-2H3,(H,39,42)(H,43,44). The summed E-state index contributed by atoms with van der Waals surface area (Å²) in [5, 5.41) is 21.2. The first-order valence-corrected chi connectivity index (χ1v) is 15.7. The SMILES string of the molecule is CC(c1ccccc1)N(C)CC1CC(c2ccc(CO)cc2)OC(c2cccc(-c3cccc(CNC(=O)CCC(=O)O)c3)c2)O1. The topological polar surface area (TPSA) is 108 Å². The van der Waals surface area contributed by atoms with Crippen LogP contribution in [-0.2, 0) is 32.2 Å². The van der Waals surface area contributed by atoms with Gasteiger partial charge in [0.25, 0.3) is 0 Å². The molecule has 4 atom stereocenters. The van der Waals surface area contributed by atoms with Crippen molar-refractivity contribution < 1.29 is 29.3 Å². The molecule has 4 unspecified atom stereocenters. The van der Waals surface area contributed by atoms with Gasteiger partial charge in [-0.3, -0.25) is 14.5 Å². The Hall–Kier alpha value is -4.34. The minimum absolute atomic E-state index is 0.00653. The first kappa shape index (κ1) is 33.0. The highest BCUT2D eigenvalue weighted by Crippen LogP contribution is 2.39. The highest BCUT2D eigenvalue weighted by Gasteiger charge is 2.33. The fourth-order valence-corrected chi connectivity index (χ4v) is 5.73. The van der Waals surface area contributed by atoms with Gasteiger partial charge in [0.15, 0.2) is 6.29 Å². The average Bonchev–Trinajstić information content (AvgIpc) is 3.10. The van der Waals surface area contributed by atoms with Gasteiger partial charge in [0.1, 0.15) is 0 Å². The number of nitrogens with one attached hydrogen (secondary N) is 1. The number of hydrogen-bond acceptors (Lipinski definition) is 6. The van der Waals surface area contributed by atoms with Crippen molar-refractivity contribution >= 4 is 11.9 Å². The van der Waals surface area contributed by atoms with Crippen molar-refractivity contribution in [1.29, 1.82) is 0 Å². The van der Waals surface area contributed by atoms with E-state index in [4.69, 9.17) is 14.6 Å². The van der Waals surface area contributed by atoms with Crippen LogP contribution in [0, 0.1) is 0 Å². The summed E-state index contributed by atoms with van der Waals surface area (Å²) in [5.41, 5.74) is 6.95. The zero-order valence-corrected chi connectivity index (χ0v) is 26.3. The molecule has 1 amide bonds. The number of rotatable bonds is 13. The largest absolute Gasteiger partial charge is 0.481 e. The van der Waals surface area contributed by atoms with Crippen LogP contribution in [0.15, 0.2) is 103 Å². The monoisotopic (exact) mass is 622 g/mol. The van der Waals surface area contributed by atoms with Crippen LogP contribution in [0.2, 0.25) is 0 Å². The third-order valence-electron chi connectivity index (χ3n) is 8.52. The number of likely N-dealkylation sites (N-methyl/N-ethyl adjacent to an activating group) is 1. The number of carbonyl (C=O) groups excluding carboxylic acids is 1. The van der Waals surface area contributed by atoms with E-state index >= 15 is 0 Å². The van der Waals surface area contributed by atoms with Gasteiger partial charge in [-0.2, -0.15) is 0 Å². The summed E-state index contributed by atoms with van der Waals surface area (Å²) in [6.45, 7) is 3.24. The van der Waals surface area contributed by atoms with Gasteiger partial charge in [0, 0.05) is 37.5 Å². The van der Waals surface area contributed by atoms with E-state index in [-0.39, 0.29) is 43.6 Å². The Morgan fingerprint density at radius 2 is 1.57 bits per heavy atom. The molecule has 0 saturated carbocycles. The third kappa shape index (κ3) is 8.89. The lowest BCUT2D eigenvalue weighted by Crippen LogP contribution is -2.38. The Bertz CT molecular complexity index is 1590. The molecule has 46 heavy (non-hydrogen) atoms. The van der Waals surface area contributed by atoms with Gasteiger partial charge in [-0.25, -0.2) is 0 Å². The van der Waals surface area contributed by atoms with E-state index in [0.29, 0.717) is 13.0 Å². The number of carboxylic acid groups (broad SMARTS) is 1. The maximum atomic E-state index is 12.0. The molecular weight excluding hydrogens is 580 g/mol. The lowest BCUT2D eigenvalue weighted by Gasteiger charge is -2.39. The van der Waals surface area contributed by atoms with Crippen molar-refractivity contribution in [3.8, 4) is 11.1 Å². The highest BCUT2D eigenvalue weighted by atomic mass is 16.7. The molecule has 8 heteroatoms. The van der Waals surface area contributed by atoms with Crippen LogP contribution in [-0.4, -0.2) is 46.7 Å². The first-order valence-electron chi connectivity index (χ1n) is 15.7. The van der Waals surface area contributed by atoms with Gasteiger partial charge in [0.05, 0.1) is 25.2 Å². The number of benzene rings is 4. The van der Waals surface area contributed by atoms with Gasteiger partial charge in [-0.1, -0.05) is 91.0 Å². The van der Waals surface area contributed by atoms with Crippen molar-refractivity contribution in [3.63, 3.8) is 0 Å². The van der Waals surface area contributed by atoms with Crippen molar-refractivity contribution in [2.45, 2.75) is 63.9 Å². The van der Waals surface area contributed by atoms with E-state index in [9.17, 15) is 14.7 Å². The average molecular weight is 623 g/mol. The Kier molecular flexibility index (Phi) is 11.3. The molecule has 1 saturated heterocycles. The van der Waals surface area contributed by atoms with Crippen LogP contribution in [0.25, 0.3) is 11.1 Å². The number of nitrogens with zero attached hydrogens (tertiary/aromatic N) is 1. The van der Waals surface area contributed by atoms with Crippen molar-refractivity contribution in [3.05, 3.63) is 131 Å². The summed E-state index contributed by atoms with van der Waals surface area (Å²) in [6.07, 6.45) is -0.406. The van der Waals surface area contributed by atoms with Gasteiger partial charge in [-0.05, 0) is 59.5 Å². The van der Waals surface area contributed by atoms with E-state index in [1.54, 1.807) is 0 Å². The van der Waals surface area contributed by atoms with Crippen LogP contribution in [0.4, 0.5) is 0 Å². The normalized spacial score (nSPS) is 18.7. The van der Waals surface area contributed by atoms with Gasteiger partial charge in [-0.15, -0.1) is 0 Å². The molecule has 0 bridgehead atoms. The summed E-state index contributed by atoms with van der Waals surface area (Å²) < 4.78 is 13.3. The fraction of sp³-hybridized carbons (Fsp3) is 0.316. The lowest BCUT2D eigenvalue weighted by atomic mass is 9.98. The molecule has 4 aromatic carbocycles. The smallest absolute Gasteiger partial charge is 0.303 e. The molecule has 0 radical (unpaired) electrons. The Balaban J connectivity index is 1.34. The molecule has 1 heterocycles. The molecule has 1 aliphatic rings. The second-order valence-electron chi connectivity index (χ2n) is 11.9. The molecular formula is C38H42N2O6. The molecule has 240 valence electrons.